The highest BCUT2D eigenvalue weighted by atomic mass is 19.1. The lowest BCUT2D eigenvalue weighted by molar-refractivity contribution is 0.0465. The van der Waals surface area contributed by atoms with Crippen LogP contribution in [0.1, 0.15) is 65.6 Å². The van der Waals surface area contributed by atoms with Crippen molar-refractivity contribution < 1.29 is 13.9 Å². The molecule has 0 N–H and O–H groups in total. The minimum Gasteiger partial charge on any atom is -0.455 e. The van der Waals surface area contributed by atoms with E-state index in [1.807, 2.05) is 52.1 Å². The van der Waals surface area contributed by atoms with Gasteiger partial charge in [-0.15, -0.1) is 10.2 Å². The number of halogens is 1. The molecule has 0 amide bonds. The van der Waals surface area contributed by atoms with E-state index in [1.165, 1.54) is 17.2 Å². The Morgan fingerprint density at radius 1 is 0.808 bits per heavy atom. The molecule has 1 aliphatic carbocycles. The molecular formula is C39H40FN9O3. The fourth-order valence-electron chi connectivity index (χ4n) is 6.75. The first-order valence-electron chi connectivity index (χ1n) is 17.9. The van der Waals surface area contributed by atoms with E-state index in [1.54, 1.807) is 27.8 Å². The Balaban J connectivity index is 0.946. The first-order valence-corrected chi connectivity index (χ1v) is 17.9. The number of anilines is 1. The maximum absolute atomic E-state index is 15.8. The van der Waals surface area contributed by atoms with E-state index >= 15 is 4.39 Å². The number of ether oxygens (including phenoxy) is 1. The Morgan fingerprint density at radius 2 is 1.40 bits per heavy atom. The molecule has 1 saturated carbocycles. The van der Waals surface area contributed by atoms with Crippen LogP contribution in [0, 0.1) is 5.82 Å². The molecule has 13 heteroatoms. The number of carbonyl (C=O) groups is 1. The molecule has 1 aliphatic heterocycles. The SMILES string of the molecule is CCc1ccc(-n2cc(COC(=O)c3cn(C4CC4)c4cc(N5CCN(Cc6cn(-c7ccc(CC)cc7)nn6)CC5)c(F)cc4c3=O)nn2)cc1. The summed E-state index contributed by atoms with van der Waals surface area (Å²) in [6, 6.07) is 19.4. The van der Waals surface area contributed by atoms with Crippen molar-refractivity contribution in [3.05, 3.63) is 123 Å². The van der Waals surface area contributed by atoms with Gasteiger partial charge in [0.05, 0.1) is 40.7 Å². The van der Waals surface area contributed by atoms with E-state index in [0.717, 1.165) is 42.8 Å². The number of carbonyl (C=O) groups excluding carboxylic acids is 1. The third kappa shape index (κ3) is 6.83. The maximum Gasteiger partial charge on any atom is 0.344 e. The number of rotatable bonds is 11. The molecule has 8 rings (SSSR count). The van der Waals surface area contributed by atoms with Crippen LogP contribution in [0.4, 0.5) is 10.1 Å². The normalized spacial score (nSPS) is 15.0. The van der Waals surface area contributed by atoms with Crippen LogP contribution in [0.25, 0.3) is 22.3 Å². The van der Waals surface area contributed by atoms with Gasteiger partial charge in [-0.3, -0.25) is 9.69 Å². The van der Waals surface area contributed by atoms with Gasteiger partial charge in [-0.2, -0.15) is 0 Å². The quantitative estimate of drug-likeness (QED) is 0.163. The van der Waals surface area contributed by atoms with E-state index in [-0.39, 0.29) is 23.6 Å². The summed E-state index contributed by atoms with van der Waals surface area (Å²) in [5, 5.41) is 17.1. The lowest BCUT2D eigenvalue weighted by Gasteiger charge is -2.36. The van der Waals surface area contributed by atoms with Crippen molar-refractivity contribution in [1.82, 2.24) is 39.5 Å². The molecule has 6 aromatic rings. The molecule has 52 heavy (non-hydrogen) atoms. The van der Waals surface area contributed by atoms with E-state index in [4.69, 9.17) is 4.74 Å². The summed E-state index contributed by atoms with van der Waals surface area (Å²) in [4.78, 5) is 31.2. The van der Waals surface area contributed by atoms with Crippen LogP contribution in [0.5, 0.6) is 0 Å². The molecule has 0 radical (unpaired) electrons. The number of nitrogens with zero attached hydrogens (tertiary/aromatic N) is 9. The first-order chi connectivity index (χ1) is 25.4. The van der Waals surface area contributed by atoms with Gasteiger partial charge in [0.25, 0.3) is 0 Å². The number of fused-ring (bicyclic) bond motifs is 1. The van der Waals surface area contributed by atoms with E-state index in [9.17, 15) is 9.59 Å². The number of hydrogen-bond acceptors (Lipinski definition) is 9. The van der Waals surface area contributed by atoms with Gasteiger partial charge in [-0.05, 0) is 73.2 Å². The number of hydrogen-bond donors (Lipinski definition) is 0. The van der Waals surface area contributed by atoms with Crippen molar-refractivity contribution in [3.8, 4) is 11.4 Å². The van der Waals surface area contributed by atoms with Gasteiger partial charge >= 0.3 is 5.97 Å². The van der Waals surface area contributed by atoms with Gasteiger partial charge < -0.3 is 14.2 Å². The van der Waals surface area contributed by atoms with Gasteiger partial charge in [-0.25, -0.2) is 18.5 Å². The summed E-state index contributed by atoms with van der Waals surface area (Å²) >= 11 is 0. The number of aromatic nitrogens is 7. The molecule has 0 spiro atoms. The largest absolute Gasteiger partial charge is 0.455 e. The molecule has 0 bridgehead atoms. The molecule has 4 heterocycles. The molecule has 0 atom stereocenters. The van der Waals surface area contributed by atoms with Crippen LogP contribution in [-0.2, 0) is 30.7 Å². The summed E-state index contributed by atoms with van der Waals surface area (Å²) in [6.07, 6.45) is 8.95. The van der Waals surface area contributed by atoms with Gasteiger partial charge in [0.15, 0.2) is 0 Å². The Labute approximate surface area is 300 Å². The highest BCUT2D eigenvalue weighted by Gasteiger charge is 2.29. The third-order valence-corrected chi connectivity index (χ3v) is 10.0. The Bertz CT molecular complexity index is 2280. The molecular weight excluding hydrogens is 661 g/mol. The average molecular weight is 702 g/mol. The van der Waals surface area contributed by atoms with Crippen LogP contribution in [0.15, 0.2) is 84.0 Å². The van der Waals surface area contributed by atoms with Gasteiger partial charge in [-0.1, -0.05) is 48.5 Å². The third-order valence-electron chi connectivity index (χ3n) is 10.0. The monoisotopic (exact) mass is 701 g/mol. The minimum absolute atomic E-state index is 0.127. The second-order valence-corrected chi connectivity index (χ2v) is 13.5. The van der Waals surface area contributed by atoms with Gasteiger partial charge in [0, 0.05) is 50.3 Å². The zero-order valence-electron chi connectivity index (χ0n) is 29.3. The number of esters is 1. The molecule has 3 aromatic carbocycles. The fraction of sp³-hybridized carbons (Fsp3) is 0.333. The lowest BCUT2D eigenvalue weighted by atomic mass is 10.1. The van der Waals surface area contributed by atoms with E-state index < -0.39 is 17.2 Å². The van der Waals surface area contributed by atoms with Crippen molar-refractivity contribution >= 4 is 22.6 Å². The number of benzene rings is 3. The van der Waals surface area contributed by atoms with Crippen LogP contribution >= 0.6 is 0 Å². The highest BCUT2D eigenvalue weighted by molar-refractivity contribution is 5.94. The van der Waals surface area contributed by atoms with Crippen LogP contribution in [0.2, 0.25) is 0 Å². The smallest absolute Gasteiger partial charge is 0.344 e. The van der Waals surface area contributed by atoms with Crippen molar-refractivity contribution in [2.75, 3.05) is 31.1 Å². The summed E-state index contributed by atoms with van der Waals surface area (Å²) in [5.74, 6) is -1.27. The second kappa shape index (κ2) is 14.1. The van der Waals surface area contributed by atoms with Gasteiger partial charge in [0.2, 0.25) is 5.43 Å². The Morgan fingerprint density at radius 3 is 2.00 bits per heavy atom. The number of aryl methyl sites for hydroxylation is 2. The minimum atomic E-state index is -0.779. The highest BCUT2D eigenvalue weighted by Crippen LogP contribution is 2.38. The predicted molar refractivity (Wildman–Crippen MR) is 195 cm³/mol. The van der Waals surface area contributed by atoms with Crippen LogP contribution in [0.3, 0.4) is 0 Å². The number of pyridine rings is 1. The van der Waals surface area contributed by atoms with Gasteiger partial charge in [0.1, 0.15) is 23.7 Å². The molecule has 12 nitrogen and oxygen atoms in total. The lowest BCUT2D eigenvalue weighted by Crippen LogP contribution is -2.46. The summed E-state index contributed by atoms with van der Waals surface area (Å²) < 4.78 is 26.7. The zero-order chi connectivity index (χ0) is 35.8. The second-order valence-electron chi connectivity index (χ2n) is 13.5. The molecule has 1 saturated heterocycles. The summed E-state index contributed by atoms with van der Waals surface area (Å²) in [5.41, 5.74) is 5.98. The van der Waals surface area contributed by atoms with E-state index in [2.05, 4.69) is 51.5 Å². The standard InChI is InChI=1S/C39H40FN9O3/c1-3-26-5-9-31(10-6-26)48-22-28(41-43-48)21-45-15-17-46(18-16-45)37-20-36-33(19-35(37)40)38(50)34(24-47(36)30-13-14-30)39(51)52-25-29-23-49(44-42-29)32-11-7-27(4-2)8-12-32/h5-12,19-20,22-24,30H,3-4,13-18,21,25H2,1-2H3. The Kier molecular flexibility index (Phi) is 9.10. The molecule has 0 unspecified atom stereocenters. The van der Waals surface area contributed by atoms with Crippen LogP contribution < -0.4 is 10.3 Å². The average Bonchev–Trinajstić information content (AvgIpc) is 3.73. The molecule has 3 aromatic heterocycles. The maximum atomic E-state index is 15.8. The van der Waals surface area contributed by atoms with E-state index in [0.29, 0.717) is 49.6 Å². The summed E-state index contributed by atoms with van der Waals surface area (Å²) in [7, 11) is 0. The van der Waals surface area contributed by atoms with Crippen molar-refractivity contribution in [1.29, 1.82) is 0 Å². The summed E-state index contributed by atoms with van der Waals surface area (Å²) in [6.45, 7) is 7.37. The number of piperazine rings is 1. The Hall–Kier alpha value is -5.69. The zero-order valence-corrected chi connectivity index (χ0v) is 29.3. The first kappa shape index (κ1) is 33.5. The molecule has 266 valence electrons. The van der Waals surface area contributed by atoms with Crippen molar-refractivity contribution in [2.24, 2.45) is 0 Å². The molecule has 2 fully saturated rings. The fourth-order valence-corrected chi connectivity index (χ4v) is 6.75. The van der Waals surface area contributed by atoms with Crippen molar-refractivity contribution in [3.63, 3.8) is 0 Å². The van der Waals surface area contributed by atoms with Crippen LogP contribution in [-0.4, -0.2) is 71.6 Å². The van der Waals surface area contributed by atoms with Crippen molar-refractivity contribution in [2.45, 2.75) is 58.7 Å². The topological polar surface area (TPSA) is 116 Å². The molecule has 2 aliphatic rings. The predicted octanol–water partition coefficient (Wildman–Crippen LogP) is 5.44.